The van der Waals surface area contributed by atoms with Gasteiger partial charge in [-0.2, -0.15) is 26.3 Å². The molecule has 3 aromatic rings. The van der Waals surface area contributed by atoms with E-state index in [4.69, 9.17) is 25.5 Å². The predicted octanol–water partition coefficient (Wildman–Crippen LogP) is 6.30. The fourth-order valence-corrected chi connectivity index (χ4v) is 3.28. The molecule has 3 rings (SSSR count). The lowest BCUT2D eigenvalue weighted by Crippen LogP contribution is -2.23. The minimum absolute atomic E-state index is 0.0345. The van der Waals surface area contributed by atoms with Gasteiger partial charge in [0, 0.05) is 24.0 Å². The zero-order valence-corrected chi connectivity index (χ0v) is 19.1. The number of aliphatic carboxylic acids is 2. The molecule has 0 aliphatic rings. The number of carbonyl (C=O) groups is 2. The van der Waals surface area contributed by atoms with Crippen LogP contribution < -0.4 is 10.5 Å². The molecule has 2 aromatic carbocycles. The minimum Gasteiger partial charge on any atom is -0.481 e. The van der Waals surface area contributed by atoms with Crippen LogP contribution in [0.2, 0.25) is 0 Å². The van der Waals surface area contributed by atoms with Crippen LogP contribution in [0.15, 0.2) is 36.5 Å². The lowest BCUT2D eigenvalue weighted by molar-refractivity contribution is -0.146. The summed E-state index contributed by atoms with van der Waals surface area (Å²) >= 11 is 0. The number of H-pyrrole nitrogens is 1. The van der Waals surface area contributed by atoms with E-state index in [0.29, 0.717) is 10.9 Å². The molecule has 0 aliphatic heterocycles. The van der Waals surface area contributed by atoms with E-state index in [0.717, 1.165) is 12.5 Å². The summed E-state index contributed by atoms with van der Waals surface area (Å²) in [4.78, 5) is 23.0. The van der Waals surface area contributed by atoms with Gasteiger partial charge in [0.05, 0.1) is 11.1 Å². The summed E-state index contributed by atoms with van der Waals surface area (Å²) in [6, 6.07) is 2.50. The number of hydrogen-bond donors (Lipinski definition) is 4. The zero-order valence-electron chi connectivity index (χ0n) is 19.1. The molecule has 0 saturated heterocycles. The summed E-state index contributed by atoms with van der Waals surface area (Å²) in [6.45, 7) is 4.84. The maximum absolute atomic E-state index is 13.7. The summed E-state index contributed by atoms with van der Waals surface area (Å²) < 4.78 is 87.3. The lowest BCUT2D eigenvalue weighted by atomic mass is 9.98. The predicted molar refractivity (Wildman–Crippen MR) is 117 cm³/mol. The Bertz CT molecular complexity index is 1230. The van der Waals surface area contributed by atoms with Gasteiger partial charge in [0.25, 0.3) is 5.97 Å². The molecule has 0 amide bonds. The fraction of sp³-hybridized carbons (Fsp3) is 0.304. The third-order valence-corrected chi connectivity index (χ3v) is 4.87. The van der Waals surface area contributed by atoms with Gasteiger partial charge in [0.1, 0.15) is 11.8 Å². The number of halogens is 6. The van der Waals surface area contributed by atoms with Crippen LogP contribution in [0.25, 0.3) is 10.9 Å². The fourth-order valence-electron chi connectivity index (χ4n) is 3.28. The molecule has 1 aromatic heterocycles. The number of alkyl halides is 6. The third kappa shape index (κ3) is 6.68. The van der Waals surface area contributed by atoms with Crippen LogP contribution in [0.4, 0.5) is 26.3 Å². The SMILES string of the molecule is CC(=O)O.CC(C)c1c[nH]c2ccc(Oc3c(C(F)(F)F)cc(C(N)C(=O)O)cc3C(F)(F)F)cc12. The van der Waals surface area contributed by atoms with Gasteiger partial charge in [0.15, 0.2) is 5.75 Å². The van der Waals surface area contributed by atoms with Crippen molar-refractivity contribution >= 4 is 22.8 Å². The zero-order chi connectivity index (χ0) is 27.6. The second-order valence-electron chi connectivity index (χ2n) is 7.98. The molecule has 0 fully saturated rings. The van der Waals surface area contributed by atoms with Gasteiger partial charge in [-0.1, -0.05) is 13.8 Å². The first-order chi connectivity index (χ1) is 16.4. The van der Waals surface area contributed by atoms with Crippen LogP contribution in [0, 0.1) is 0 Å². The summed E-state index contributed by atoms with van der Waals surface area (Å²) in [7, 11) is 0. The van der Waals surface area contributed by atoms with E-state index in [2.05, 4.69) is 4.98 Å². The van der Waals surface area contributed by atoms with Crippen LogP contribution in [-0.2, 0) is 21.9 Å². The second kappa shape index (κ2) is 10.5. The molecule has 0 aliphatic carbocycles. The van der Waals surface area contributed by atoms with Gasteiger partial charge >= 0.3 is 18.3 Å². The Morgan fingerprint density at radius 1 is 0.972 bits per heavy atom. The summed E-state index contributed by atoms with van der Waals surface area (Å²) in [6.07, 6.45) is -8.85. The van der Waals surface area contributed by atoms with Crippen molar-refractivity contribution in [1.82, 2.24) is 4.98 Å². The second-order valence-corrected chi connectivity index (χ2v) is 7.98. The van der Waals surface area contributed by atoms with E-state index in [1.54, 1.807) is 6.20 Å². The molecule has 0 spiro atoms. The average molecular weight is 520 g/mol. The molecule has 0 saturated carbocycles. The van der Waals surface area contributed by atoms with E-state index in [1.807, 2.05) is 13.8 Å². The smallest absolute Gasteiger partial charge is 0.420 e. The number of benzene rings is 2. The summed E-state index contributed by atoms with van der Waals surface area (Å²) in [5.41, 5.74) is 2.31. The number of aromatic nitrogens is 1. The number of rotatable bonds is 5. The van der Waals surface area contributed by atoms with Crippen LogP contribution in [0.3, 0.4) is 0 Å². The van der Waals surface area contributed by atoms with Crippen LogP contribution in [-0.4, -0.2) is 27.1 Å². The first-order valence-corrected chi connectivity index (χ1v) is 10.2. The molecule has 0 radical (unpaired) electrons. The Balaban J connectivity index is 0.00000106. The van der Waals surface area contributed by atoms with E-state index in [-0.39, 0.29) is 23.8 Å². The number of aromatic amines is 1. The van der Waals surface area contributed by atoms with Crippen molar-refractivity contribution in [3.63, 3.8) is 0 Å². The average Bonchev–Trinajstić information content (AvgIpc) is 3.14. The van der Waals surface area contributed by atoms with Crippen LogP contribution >= 0.6 is 0 Å². The highest BCUT2D eigenvalue weighted by Crippen LogP contribution is 2.47. The molecule has 1 unspecified atom stereocenters. The number of fused-ring (bicyclic) bond motifs is 1. The number of nitrogens with two attached hydrogens (primary N) is 1. The molecule has 196 valence electrons. The molecule has 36 heavy (non-hydrogen) atoms. The quantitative estimate of drug-likeness (QED) is 0.293. The van der Waals surface area contributed by atoms with Crippen molar-refractivity contribution in [2.24, 2.45) is 5.73 Å². The molecular weight excluding hydrogens is 498 g/mol. The summed E-state index contributed by atoms with van der Waals surface area (Å²) in [5, 5.41) is 17.0. The molecule has 1 atom stereocenters. The van der Waals surface area contributed by atoms with Crippen LogP contribution in [0.1, 0.15) is 55.0 Å². The Morgan fingerprint density at radius 3 is 1.89 bits per heavy atom. The van der Waals surface area contributed by atoms with E-state index < -0.39 is 52.8 Å². The Kier molecular flexibility index (Phi) is 8.30. The molecule has 7 nitrogen and oxygen atoms in total. The normalized spacial score (nSPS) is 12.8. The van der Waals surface area contributed by atoms with Gasteiger partial charge in [-0.05, 0) is 47.4 Å². The monoisotopic (exact) mass is 520 g/mol. The number of carboxylic acid groups (broad SMARTS) is 2. The van der Waals surface area contributed by atoms with Crippen molar-refractivity contribution in [3.8, 4) is 11.5 Å². The first kappa shape index (κ1) is 28.5. The Labute approximate surface area is 200 Å². The Hall–Kier alpha value is -3.74. The first-order valence-electron chi connectivity index (χ1n) is 10.2. The molecule has 13 heteroatoms. The largest absolute Gasteiger partial charge is 0.481 e. The van der Waals surface area contributed by atoms with Crippen molar-refractivity contribution in [1.29, 1.82) is 0 Å². The number of carboxylic acids is 2. The standard InChI is InChI=1S/C21H18F6N2O3.C2H4O2/c1-9(2)13-8-29-16-4-3-11(7-12(13)16)32-18-14(20(22,23)24)5-10(17(28)19(30)31)6-15(18)21(25,26)27;1-2(3)4/h3-9,17,29H,28H2,1-2H3,(H,30,31);1H3,(H,3,4). The van der Waals surface area contributed by atoms with E-state index in [1.165, 1.54) is 18.2 Å². The molecule has 1 heterocycles. The van der Waals surface area contributed by atoms with Gasteiger partial charge in [-0.15, -0.1) is 0 Å². The van der Waals surface area contributed by atoms with Gasteiger partial charge in [-0.3, -0.25) is 9.59 Å². The van der Waals surface area contributed by atoms with E-state index in [9.17, 15) is 31.1 Å². The van der Waals surface area contributed by atoms with Crippen molar-refractivity contribution in [2.45, 2.75) is 45.1 Å². The minimum atomic E-state index is -5.27. The Morgan fingerprint density at radius 2 is 1.47 bits per heavy atom. The van der Waals surface area contributed by atoms with Crippen molar-refractivity contribution in [2.75, 3.05) is 0 Å². The number of ether oxygens (including phenoxy) is 1. The number of nitrogens with one attached hydrogen (secondary N) is 1. The van der Waals surface area contributed by atoms with Gasteiger partial charge in [-0.25, -0.2) is 0 Å². The highest BCUT2D eigenvalue weighted by atomic mass is 19.4. The van der Waals surface area contributed by atoms with E-state index >= 15 is 0 Å². The van der Waals surface area contributed by atoms with Gasteiger partial charge in [0.2, 0.25) is 0 Å². The van der Waals surface area contributed by atoms with Crippen molar-refractivity contribution in [3.05, 3.63) is 58.8 Å². The van der Waals surface area contributed by atoms with Crippen molar-refractivity contribution < 1.29 is 50.9 Å². The summed E-state index contributed by atoms with van der Waals surface area (Å²) in [5.74, 6) is -4.30. The lowest BCUT2D eigenvalue weighted by Gasteiger charge is -2.21. The molecule has 0 bridgehead atoms. The maximum atomic E-state index is 13.7. The molecule has 5 N–H and O–H groups in total. The topological polar surface area (TPSA) is 126 Å². The highest BCUT2D eigenvalue weighted by molar-refractivity contribution is 5.85. The van der Waals surface area contributed by atoms with Gasteiger partial charge < -0.3 is 25.7 Å². The van der Waals surface area contributed by atoms with Crippen LogP contribution in [0.5, 0.6) is 11.5 Å². The molecular formula is C23H22F6N2O5. The maximum Gasteiger partial charge on any atom is 0.420 e. The third-order valence-electron chi connectivity index (χ3n) is 4.87. The highest BCUT2D eigenvalue weighted by Gasteiger charge is 2.43. The number of hydrogen-bond acceptors (Lipinski definition) is 4.